The number of methoxy groups -OCH3 is 3. The molecule has 0 radical (unpaired) electrons. The minimum absolute atomic E-state index is 0.0743. The molecular weight excluding hydrogens is 538 g/mol. The number of ether oxygens (including phenoxy) is 3. The molecule has 0 atom stereocenters. The number of nitrogens with zero attached hydrogens (tertiary/aromatic N) is 3. The molecule has 43 heavy (non-hydrogen) atoms. The number of hydrogen-bond acceptors (Lipinski definition) is 7. The molecule has 1 heterocycles. The lowest BCUT2D eigenvalue weighted by Gasteiger charge is -2.16. The van der Waals surface area contributed by atoms with Gasteiger partial charge < -0.3 is 19.3 Å². The molecule has 0 saturated carbocycles. The van der Waals surface area contributed by atoms with Crippen molar-refractivity contribution in [3.8, 4) is 79.2 Å². The number of rotatable bonds is 8. The molecule has 0 fully saturated rings. The fraction of sp³-hybridized carbons (Fsp3) is 0.0833. The van der Waals surface area contributed by atoms with E-state index >= 15 is 0 Å². The van der Waals surface area contributed by atoms with Crippen LogP contribution in [0.4, 0.5) is 0 Å². The molecule has 0 unspecified atom stereocenters. The number of phenolic OH excluding ortho intramolecular Hbond substituents is 1. The molecule has 0 aliphatic rings. The van der Waals surface area contributed by atoms with Gasteiger partial charge in [0.25, 0.3) is 0 Å². The molecule has 1 aromatic heterocycles. The summed E-state index contributed by atoms with van der Waals surface area (Å²) in [6, 6.07) is 35.2. The third-order valence-electron chi connectivity index (χ3n) is 7.30. The summed E-state index contributed by atoms with van der Waals surface area (Å²) < 4.78 is 16.4. The minimum Gasteiger partial charge on any atom is -0.507 e. The van der Waals surface area contributed by atoms with Crippen molar-refractivity contribution in [3.05, 3.63) is 116 Å². The predicted molar refractivity (Wildman–Crippen MR) is 168 cm³/mol. The molecule has 5 aromatic carbocycles. The first-order chi connectivity index (χ1) is 21.1. The number of benzene rings is 5. The Balaban J connectivity index is 1.46. The minimum atomic E-state index is 0.0743. The molecule has 0 saturated heterocycles. The quantitative estimate of drug-likeness (QED) is 0.200. The summed E-state index contributed by atoms with van der Waals surface area (Å²) in [6.45, 7) is 0. The van der Waals surface area contributed by atoms with Crippen molar-refractivity contribution >= 4 is 0 Å². The summed E-state index contributed by atoms with van der Waals surface area (Å²) in [5, 5.41) is 11.1. The van der Waals surface area contributed by atoms with Gasteiger partial charge in [-0.25, -0.2) is 15.0 Å². The van der Waals surface area contributed by atoms with Crippen molar-refractivity contribution in [1.82, 2.24) is 15.0 Å². The summed E-state index contributed by atoms with van der Waals surface area (Å²) in [6.07, 6.45) is 1.51. The fourth-order valence-electron chi connectivity index (χ4n) is 5.04. The number of phenols is 1. The number of aromatic hydroxyl groups is 1. The average molecular weight is 568 g/mol. The van der Waals surface area contributed by atoms with E-state index in [1.54, 1.807) is 27.4 Å². The zero-order chi connectivity index (χ0) is 29.8. The van der Waals surface area contributed by atoms with E-state index < -0.39 is 0 Å². The second-order valence-electron chi connectivity index (χ2n) is 9.79. The van der Waals surface area contributed by atoms with E-state index in [0.29, 0.717) is 34.5 Å². The van der Waals surface area contributed by atoms with Gasteiger partial charge in [-0.05, 0) is 58.7 Å². The van der Waals surface area contributed by atoms with Gasteiger partial charge in [-0.3, -0.25) is 0 Å². The third kappa shape index (κ3) is 5.61. The Morgan fingerprint density at radius 3 is 1.79 bits per heavy atom. The van der Waals surface area contributed by atoms with E-state index in [9.17, 15) is 5.11 Å². The molecule has 0 aliphatic carbocycles. The van der Waals surface area contributed by atoms with Gasteiger partial charge in [-0.2, -0.15) is 0 Å². The van der Waals surface area contributed by atoms with E-state index in [1.165, 1.54) is 6.33 Å². The second kappa shape index (κ2) is 12.0. The Bertz CT molecular complexity index is 1890. The molecule has 212 valence electrons. The molecule has 0 amide bonds. The first kappa shape index (κ1) is 27.5. The molecule has 6 rings (SSSR count). The lowest BCUT2D eigenvalue weighted by Crippen LogP contribution is -1.98. The van der Waals surface area contributed by atoms with Crippen molar-refractivity contribution in [2.45, 2.75) is 0 Å². The van der Waals surface area contributed by atoms with Crippen molar-refractivity contribution in [2.24, 2.45) is 0 Å². The fourth-order valence-corrected chi connectivity index (χ4v) is 5.04. The van der Waals surface area contributed by atoms with Crippen LogP contribution in [0.1, 0.15) is 0 Å². The van der Waals surface area contributed by atoms with Gasteiger partial charge in [0.15, 0.2) is 11.6 Å². The van der Waals surface area contributed by atoms with Crippen LogP contribution in [-0.2, 0) is 0 Å². The smallest absolute Gasteiger partial charge is 0.163 e. The van der Waals surface area contributed by atoms with Crippen LogP contribution >= 0.6 is 0 Å². The summed E-state index contributed by atoms with van der Waals surface area (Å²) in [5.41, 5.74) is 6.98. The van der Waals surface area contributed by atoms with E-state index in [1.807, 2.05) is 78.9 Å². The number of hydrogen-bond donors (Lipinski definition) is 1. The van der Waals surface area contributed by atoms with E-state index in [0.717, 1.165) is 38.9 Å². The first-order valence-corrected chi connectivity index (χ1v) is 13.7. The van der Waals surface area contributed by atoms with E-state index in [-0.39, 0.29) is 5.75 Å². The van der Waals surface area contributed by atoms with Crippen molar-refractivity contribution in [2.75, 3.05) is 21.3 Å². The van der Waals surface area contributed by atoms with Crippen LogP contribution in [0, 0.1) is 0 Å². The SMILES string of the molecule is COc1ccc(-c2cc(-c3ccc(OC)cc3OC)ccc2-c2ncnc(-c3ccc(-c4ccccc4)cc3)n2)c(O)c1. The van der Waals surface area contributed by atoms with E-state index in [2.05, 4.69) is 34.2 Å². The van der Waals surface area contributed by atoms with Gasteiger partial charge in [-0.1, -0.05) is 60.7 Å². The van der Waals surface area contributed by atoms with Crippen LogP contribution in [0.25, 0.3) is 56.2 Å². The Hall–Kier alpha value is -5.69. The molecule has 0 bridgehead atoms. The second-order valence-corrected chi connectivity index (χ2v) is 9.79. The largest absolute Gasteiger partial charge is 0.507 e. The highest BCUT2D eigenvalue weighted by Gasteiger charge is 2.18. The first-order valence-electron chi connectivity index (χ1n) is 13.7. The Morgan fingerprint density at radius 1 is 0.488 bits per heavy atom. The van der Waals surface area contributed by atoms with Crippen LogP contribution in [0.3, 0.4) is 0 Å². The van der Waals surface area contributed by atoms with Gasteiger partial charge in [-0.15, -0.1) is 0 Å². The lowest BCUT2D eigenvalue weighted by molar-refractivity contribution is 0.395. The predicted octanol–water partition coefficient (Wildman–Crippen LogP) is 7.94. The monoisotopic (exact) mass is 567 g/mol. The topological polar surface area (TPSA) is 86.6 Å². The molecule has 7 heteroatoms. The van der Waals surface area contributed by atoms with Gasteiger partial charge in [0, 0.05) is 34.4 Å². The standard InChI is InChI=1S/C36H29N3O4/c1-41-27-15-18-30(33(40)20-27)32-19-26(29-17-14-28(42-2)21-34(29)43-3)13-16-31(32)36-38-22-37-35(39-36)25-11-9-24(10-12-25)23-7-5-4-6-8-23/h4-22,40H,1-3H3. The Kier molecular flexibility index (Phi) is 7.70. The number of aromatic nitrogens is 3. The van der Waals surface area contributed by atoms with Crippen LogP contribution in [-0.4, -0.2) is 41.4 Å². The van der Waals surface area contributed by atoms with Gasteiger partial charge in [0.2, 0.25) is 0 Å². The van der Waals surface area contributed by atoms with Crippen LogP contribution in [0.15, 0.2) is 116 Å². The van der Waals surface area contributed by atoms with Gasteiger partial charge >= 0.3 is 0 Å². The van der Waals surface area contributed by atoms with Gasteiger partial charge in [0.05, 0.1) is 21.3 Å². The highest BCUT2D eigenvalue weighted by Crippen LogP contribution is 2.42. The van der Waals surface area contributed by atoms with Crippen LogP contribution < -0.4 is 14.2 Å². The molecule has 7 nitrogen and oxygen atoms in total. The van der Waals surface area contributed by atoms with Crippen molar-refractivity contribution < 1.29 is 19.3 Å². The van der Waals surface area contributed by atoms with Crippen LogP contribution in [0.5, 0.6) is 23.0 Å². The summed E-state index contributed by atoms with van der Waals surface area (Å²) >= 11 is 0. The molecule has 0 aliphatic heterocycles. The van der Waals surface area contributed by atoms with Crippen molar-refractivity contribution in [3.63, 3.8) is 0 Å². The molecule has 1 N–H and O–H groups in total. The normalized spacial score (nSPS) is 10.8. The Morgan fingerprint density at radius 2 is 1.09 bits per heavy atom. The van der Waals surface area contributed by atoms with Crippen LogP contribution in [0.2, 0.25) is 0 Å². The molecular formula is C36H29N3O4. The molecule has 6 aromatic rings. The summed E-state index contributed by atoms with van der Waals surface area (Å²) in [7, 11) is 4.81. The summed E-state index contributed by atoms with van der Waals surface area (Å²) in [4.78, 5) is 13.9. The average Bonchev–Trinajstić information content (AvgIpc) is 3.08. The zero-order valence-electron chi connectivity index (χ0n) is 24.0. The maximum Gasteiger partial charge on any atom is 0.163 e. The summed E-state index contributed by atoms with van der Waals surface area (Å²) in [5.74, 6) is 3.02. The highest BCUT2D eigenvalue weighted by molar-refractivity contribution is 5.88. The van der Waals surface area contributed by atoms with Crippen molar-refractivity contribution in [1.29, 1.82) is 0 Å². The third-order valence-corrected chi connectivity index (χ3v) is 7.30. The maximum absolute atomic E-state index is 11.1. The van der Waals surface area contributed by atoms with E-state index in [4.69, 9.17) is 19.2 Å². The van der Waals surface area contributed by atoms with Gasteiger partial charge in [0.1, 0.15) is 29.3 Å². The zero-order valence-corrected chi connectivity index (χ0v) is 24.0. The highest BCUT2D eigenvalue weighted by atomic mass is 16.5. The molecule has 0 spiro atoms. The Labute approximate surface area is 250 Å². The lowest BCUT2D eigenvalue weighted by atomic mass is 9.93. The maximum atomic E-state index is 11.1.